The first kappa shape index (κ1) is 23.3. The molecule has 4 rings (SSSR count). The second-order valence-electron chi connectivity index (χ2n) is 7.66. The Morgan fingerprint density at radius 3 is 2.12 bits per heavy atom. The van der Waals surface area contributed by atoms with Gasteiger partial charge in [-0.2, -0.15) is 0 Å². The average Bonchev–Trinajstić information content (AvgIpc) is 3.30. The van der Waals surface area contributed by atoms with Crippen molar-refractivity contribution in [2.24, 2.45) is 0 Å². The highest BCUT2D eigenvalue weighted by molar-refractivity contribution is 7.14. The molecular weight excluding hydrogens is 446 g/mol. The van der Waals surface area contributed by atoms with Crippen molar-refractivity contribution in [2.75, 3.05) is 11.9 Å². The molecule has 34 heavy (non-hydrogen) atoms. The van der Waals surface area contributed by atoms with Crippen LogP contribution >= 0.6 is 11.3 Å². The van der Waals surface area contributed by atoms with Crippen LogP contribution in [0.15, 0.2) is 90.3 Å². The van der Waals surface area contributed by atoms with Crippen LogP contribution in [0.25, 0.3) is 11.1 Å². The maximum Gasteiger partial charge on any atom is 0.310 e. The molecule has 0 bridgehead atoms. The minimum Gasteiger partial charge on any atom is -0.466 e. The summed E-state index contributed by atoms with van der Waals surface area (Å²) < 4.78 is 10.8. The Morgan fingerprint density at radius 2 is 1.44 bits per heavy atom. The van der Waals surface area contributed by atoms with Crippen LogP contribution in [0.2, 0.25) is 0 Å². The van der Waals surface area contributed by atoms with Gasteiger partial charge in [-0.1, -0.05) is 54.6 Å². The van der Waals surface area contributed by atoms with Gasteiger partial charge < -0.3 is 14.8 Å². The molecule has 5 nitrogen and oxygen atoms in total. The molecule has 0 fully saturated rings. The van der Waals surface area contributed by atoms with Crippen LogP contribution in [0.4, 0.5) is 5.00 Å². The molecule has 0 aliphatic rings. The van der Waals surface area contributed by atoms with Crippen molar-refractivity contribution in [3.63, 3.8) is 0 Å². The number of amides is 1. The standard InChI is InChI=1S/C28H25NO4S/c1-2-32-28(31)17-21-10-8-20(9-11-21)16-26(30)29-27-18-23(19-34-27)22-12-14-25(15-13-22)33-24-6-4-3-5-7-24/h3-15,18-19H,2,16-17H2,1H3,(H,29,30). The van der Waals surface area contributed by atoms with Crippen molar-refractivity contribution in [3.05, 3.63) is 101 Å². The average molecular weight is 472 g/mol. The Labute approximate surface area is 203 Å². The number of nitrogens with one attached hydrogen (secondary N) is 1. The minimum atomic E-state index is -0.250. The van der Waals surface area contributed by atoms with Gasteiger partial charge in [0.1, 0.15) is 11.5 Å². The largest absolute Gasteiger partial charge is 0.466 e. The van der Waals surface area contributed by atoms with Crippen molar-refractivity contribution in [2.45, 2.75) is 19.8 Å². The molecule has 0 radical (unpaired) electrons. The van der Waals surface area contributed by atoms with Gasteiger partial charge >= 0.3 is 5.97 Å². The SMILES string of the molecule is CCOC(=O)Cc1ccc(CC(=O)Nc2cc(-c3ccc(Oc4ccccc4)cc3)cs2)cc1. The summed E-state index contributed by atoms with van der Waals surface area (Å²) in [7, 11) is 0. The predicted octanol–water partition coefficient (Wildman–Crippen LogP) is 6.49. The van der Waals surface area contributed by atoms with Gasteiger partial charge in [-0.05, 0) is 59.5 Å². The van der Waals surface area contributed by atoms with E-state index >= 15 is 0 Å². The van der Waals surface area contributed by atoms with Gasteiger partial charge in [0, 0.05) is 5.38 Å². The Morgan fingerprint density at radius 1 is 0.794 bits per heavy atom. The molecule has 0 aliphatic carbocycles. The quantitative estimate of drug-likeness (QED) is 0.283. The maximum absolute atomic E-state index is 12.5. The molecule has 0 saturated heterocycles. The zero-order valence-electron chi connectivity index (χ0n) is 18.8. The summed E-state index contributed by atoms with van der Waals surface area (Å²) in [6, 6.07) is 27.0. The molecule has 3 aromatic carbocycles. The Bertz CT molecular complexity index is 1230. The first-order valence-corrected chi connectivity index (χ1v) is 11.9. The number of carbonyl (C=O) groups excluding carboxylic acids is 2. The van der Waals surface area contributed by atoms with Crippen molar-refractivity contribution in [3.8, 4) is 22.6 Å². The summed E-state index contributed by atoms with van der Waals surface area (Å²) in [5.41, 5.74) is 3.84. The van der Waals surface area contributed by atoms with E-state index in [2.05, 4.69) is 5.32 Å². The second-order valence-corrected chi connectivity index (χ2v) is 8.57. The lowest BCUT2D eigenvalue weighted by atomic mass is 10.1. The zero-order valence-corrected chi connectivity index (χ0v) is 19.6. The number of thiophene rings is 1. The highest BCUT2D eigenvalue weighted by Gasteiger charge is 2.09. The molecule has 0 saturated carbocycles. The fourth-order valence-electron chi connectivity index (χ4n) is 3.41. The molecule has 172 valence electrons. The smallest absolute Gasteiger partial charge is 0.310 e. The summed E-state index contributed by atoms with van der Waals surface area (Å²) in [6.07, 6.45) is 0.496. The van der Waals surface area contributed by atoms with E-state index in [9.17, 15) is 9.59 Å². The number of benzene rings is 3. The Balaban J connectivity index is 1.31. The third-order valence-electron chi connectivity index (χ3n) is 5.07. The van der Waals surface area contributed by atoms with Crippen LogP contribution in [0.5, 0.6) is 11.5 Å². The van der Waals surface area contributed by atoms with Gasteiger partial charge in [-0.25, -0.2) is 0 Å². The van der Waals surface area contributed by atoms with E-state index in [1.54, 1.807) is 6.92 Å². The molecule has 4 aromatic rings. The Kier molecular flexibility index (Phi) is 7.73. The van der Waals surface area contributed by atoms with Crippen LogP contribution in [0.3, 0.4) is 0 Å². The molecule has 0 unspecified atom stereocenters. The number of hydrogen-bond acceptors (Lipinski definition) is 5. The fraction of sp³-hybridized carbons (Fsp3) is 0.143. The van der Waals surface area contributed by atoms with Crippen LogP contribution < -0.4 is 10.1 Å². The second kappa shape index (κ2) is 11.3. The molecule has 0 spiro atoms. The van der Waals surface area contributed by atoms with Gasteiger partial charge in [-0.3, -0.25) is 9.59 Å². The van der Waals surface area contributed by atoms with E-state index in [1.165, 1.54) is 11.3 Å². The Hall–Kier alpha value is -3.90. The van der Waals surface area contributed by atoms with Crippen LogP contribution in [0.1, 0.15) is 18.1 Å². The predicted molar refractivity (Wildman–Crippen MR) is 135 cm³/mol. The van der Waals surface area contributed by atoms with Gasteiger partial charge in [-0.15, -0.1) is 11.3 Å². The molecule has 1 amide bonds. The lowest BCUT2D eigenvalue weighted by molar-refractivity contribution is -0.142. The fourth-order valence-corrected chi connectivity index (χ4v) is 4.24. The lowest BCUT2D eigenvalue weighted by Gasteiger charge is -2.06. The number of anilines is 1. The maximum atomic E-state index is 12.5. The third-order valence-corrected chi connectivity index (χ3v) is 5.92. The van der Waals surface area contributed by atoms with E-state index in [0.29, 0.717) is 6.61 Å². The number of hydrogen-bond donors (Lipinski definition) is 1. The van der Waals surface area contributed by atoms with E-state index in [4.69, 9.17) is 9.47 Å². The third kappa shape index (κ3) is 6.56. The number of para-hydroxylation sites is 1. The molecule has 1 heterocycles. The molecular formula is C28H25NO4S. The number of ether oxygens (including phenoxy) is 2. The van der Waals surface area contributed by atoms with Crippen LogP contribution in [-0.2, 0) is 27.2 Å². The molecule has 1 aromatic heterocycles. The molecule has 0 atom stereocenters. The van der Waals surface area contributed by atoms with Crippen molar-refractivity contribution < 1.29 is 19.1 Å². The summed E-state index contributed by atoms with van der Waals surface area (Å²) in [5, 5.41) is 5.78. The van der Waals surface area contributed by atoms with Crippen molar-refractivity contribution >= 4 is 28.2 Å². The van der Waals surface area contributed by atoms with Crippen LogP contribution in [-0.4, -0.2) is 18.5 Å². The highest BCUT2D eigenvalue weighted by Crippen LogP contribution is 2.31. The highest BCUT2D eigenvalue weighted by atomic mass is 32.1. The van der Waals surface area contributed by atoms with E-state index in [1.807, 2.05) is 90.3 Å². The van der Waals surface area contributed by atoms with E-state index in [0.717, 1.165) is 38.8 Å². The number of carbonyl (C=O) groups is 2. The number of rotatable bonds is 9. The summed E-state index contributed by atoms with van der Waals surface area (Å²) in [6.45, 7) is 2.16. The summed E-state index contributed by atoms with van der Waals surface area (Å²) in [5.74, 6) is 1.23. The zero-order chi connectivity index (χ0) is 23.8. The van der Waals surface area contributed by atoms with Crippen molar-refractivity contribution in [1.29, 1.82) is 0 Å². The first-order valence-electron chi connectivity index (χ1n) is 11.0. The first-order chi connectivity index (χ1) is 16.6. The molecule has 1 N–H and O–H groups in total. The summed E-state index contributed by atoms with van der Waals surface area (Å²) >= 11 is 1.49. The van der Waals surface area contributed by atoms with E-state index in [-0.39, 0.29) is 24.7 Å². The monoisotopic (exact) mass is 471 g/mol. The normalized spacial score (nSPS) is 10.5. The van der Waals surface area contributed by atoms with Gasteiger partial charge in [0.15, 0.2) is 0 Å². The van der Waals surface area contributed by atoms with Crippen molar-refractivity contribution in [1.82, 2.24) is 0 Å². The molecule has 0 aliphatic heterocycles. The topological polar surface area (TPSA) is 64.6 Å². The minimum absolute atomic E-state index is 0.0850. The lowest BCUT2D eigenvalue weighted by Crippen LogP contribution is -2.13. The number of esters is 1. The van der Waals surface area contributed by atoms with Gasteiger partial charge in [0.05, 0.1) is 24.4 Å². The van der Waals surface area contributed by atoms with Gasteiger partial charge in [0.2, 0.25) is 5.91 Å². The summed E-state index contributed by atoms with van der Waals surface area (Å²) in [4.78, 5) is 24.1. The van der Waals surface area contributed by atoms with Crippen LogP contribution in [0, 0.1) is 0 Å². The van der Waals surface area contributed by atoms with Gasteiger partial charge in [0.25, 0.3) is 0 Å². The van der Waals surface area contributed by atoms with E-state index < -0.39 is 0 Å². The molecule has 6 heteroatoms.